The second kappa shape index (κ2) is 4.55. The number of carbonyl (C=O) groups is 1. The van der Waals surface area contributed by atoms with Crippen molar-refractivity contribution in [3.63, 3.8) is 0 Å². The number of rotatable bonds is 4. The van der Waals surface area contributed by atoms with E-state index in [1.807, 2.05) is 0 Å². The molecule has 0 radical (unpaired) electrons. The highest BCUT2D eigenvalue weighted by atomic mass is 16.6. The number of aliphatic hydroxyl groups is 2. The fourth-order valence-electron chi connectivity index (χ4n) is 0.832. The molecule has 0 spiro atoms. The fourth-order valence-corrected chi connectivity index (χ4v) is 0.832. The van der Waals surface area contributed by atoms with Gasteiger partial charge >= 0.3 is 5.97 Å². The van der Waals surface area contributed by atoms with E-state index in [4.69, 9.17) is 4.74 Å². The molecule has 0 aromatic rings. The van der Waals surface area contributed by atoms with Crippen LogP contribution >= 0.6 is 0 Å². The van der Waals surface area contributed by atoms with Gasteiger partial charge in [0.2, 0.25) is 0 Å². The van der Waals surface area contributed by atoms with Crippen molar-refractivity contribution in [2.75, 3.05) is 7.11 Å². The van der Waals surface area contributed by atoms with Gasteiger partial charge in [-0.2, -0.15) is 0 Å². The number of hydrogen-bond donors (Lipinski definition) is 2. The molecule has 0 saturated carbocycles. The maximum Gasteiger partial charge on any atom is 0.337 e. The van der Waals surface area contributed by atoms with Crippen molar-refractivity contribution < 1.29 is 24.5 Å². The molecule has 0 fully saturated rings. The summed E-state index contributed by atoms with van der Waals surface area (Å²) in [5.74, 6) is -2.16. The summed E-state index contributed by atoms with van der Waals surface area (Å²) in [6.07, 6.45) is -2.19. The van der Waals surface area contributed by atoms with Gasteiger partial charge in [0.05, 0.1) is 13.2 Å². The lowest BCUT2D eigenvalue weighted by Gasteiger charge is -2.25. The molecular formula is C8H16O5. The maximum absolute atomic E-state index is 10.8. The topological polar surface area (TPSA) is 76.0 Å². The van der Waals surface area contributed by atoms with Crippen LogP contribution in [0.3, 0.4) is 0 Å². The fraction of sp³-hybridized carbons (Fsp3) is 0.875. The molecule has 0 saturated heterocycles. The minimum atomic E-state index is -1.38. The Bertz CT molecular complexity index is 172. The Balaban J connectivity index is 4.11. The Kier molecular flexibility index (Phi) is 4.32. The number of hydrogen-bond acceptors (Lipinski definition) is 5. The van der Waals surface area contributed by atoms with Gasteiger partial charge in [-0.05, 0) is 20.8 Å². The Morgan fingerprint density at radius 3 is 2.23 bits per heavy atom. The lowest BCUT2D eigenvalue weighted by atomic mass is 10.2. The molecule has 0 aliphatic rings. The van der Waals surface area contributed by atoms with Crippen LogP contribution in [-0.4, -0.2) is 41.3 Å². The minimum Gasteiger partial charge on any atom is -0.467 e. The SMILES string of the molecule is COC(=O)[C@H](O)[C@H](C)OC(C)(C)O. The van der Waals surface area contributed by atoms with E-state index in [0.717, 1.165) is 0 Å². The largest absolute Gasteiger partial charge is 0.467 e. The lowest BCUT2D eigenvalue weighted by Crippen LogP contribution is -2.40. The summed E-state index contributed by atoms with van der Waals surface area (Å²) >= 11 is 0. The van der Waals surface area contributed by atoms with Gasteiger partial charge in [0, 0.05) is 0 Å². The Morgan fingerprint density at radius 2 is 1.92 bits per heavy atom. The van der Waals surface area contributed by atoms with Crippen molar-refractivity contribution in [1.29, 1.82) is 0 Å². The lowest BCUT2D eigenvalue weighted by molar-refractivity contribution is -0.223. The van der Waals surface area contributed by atoms with Crippen molar-refractivity contribution in [2.45, 2.75) is 38.8 Å². The number of aliphatic hydroxyl groups excluding tert-OH is 1. The first kappa shape index (κ1) is 12.3. The van der Waals surface area contributed by atoms with Crippen molar-refractivity contribution >= 4 is 5.97 Å². The van der Waals surface area contributed by atoms with Crippen LogP contribution in [0.4, 0.5) is 0 Å². The quantitative estimate of drug-likeness (QED) is 0.470. The number of ether oxygens (including phenoxy) is 2. The first-order chi connectivity index (χ1) is 5.78. The highest BCUT2D eigenvalue weighted by Crippen LogP contribution is 2.11. The molecule has 0 rings (SSSR count). The summed E-state index contributed by atoms with van der Waals surface area (Å²) in [5.41, 5.74) is 0. The highest BCUT2D eigenvalue weighted by Gasteiger charge is 2.28. The molecule has 78 valence electrons. The molecular weight excluding hydrogens is 176 g/mol. The zero-order chi connectivity index (χ0) is 10.6. The third-order valence-corrected chi connectivity index (χ3v) is 1.36. The van der Waals surface area contributed by atoms with Crippen molar-refractivity contribution in [3.8, 4) is 0 Å². The van der Waals surface area contributed by atoms with Crippen LogP contribution in [0.1, 0.15) is 20.8 Å². The van der Waals surface area contributed by atoms with Crippen LogP contribution in [0.5, 0.6) is 0 Å². The molecule has 0 unspecified atom stereocenters. The normalized spacial score (nSPS) is 16.5. The zero-order valence-corrected chi connectivity index (χ0v) is 8.27. The molecule has 0 amide bonds. The van der Waals surface area contributed by atoms with E-state index in [1.54, 1.807) is 0 Å². The van der Waals surface area contributed by atoms with Crippen molar-refractivity contribution in [3.05, 3.63) is 0 Å². The summed E-state index contributed by atoms with van der Waals surface area (Å²) < 4.78 is 9.22. The second-order valence-corrected chi connectivity index (χ2v) is 3.24. The third kappa shape index (κ3) is 4.82. The van der Waals surface area contributed by atoms with Gasteiger partial charge in [0.25, 0.3) is 0 Å². The second-order valence-electron chi connectivity index (χ2n) is 3.24. The molecule has 0 bridgehead atoms. The molecule has 5 heteroatoms. The first-order valence-electron chi connectivity index (χ1n) is 3.94. The molecule has 2 N–H and O–H groups in total. The molecule has 0 aliphatic carbocycles. The summed E-state index contributed by atoms with van der Waals surface area (Å²) in [7, 11) is 1.17. The average molecular weight is 192 g/mol. The molecule has 0 aliphatic heterocycles. The Labute approximate surface area is 77.3 Å². The molecule has 13 heavy (non-hydrogen) atoms. The van der Waals surface area contributed by atoms with Crippen LogP contribution < -0.4 is 0 Å². The summed E-state index contributed by atoms with van der Waals surface area (Å²) in [6, 6.07) is 0. The van der Waals surface area contributed by atoms with Crippen molar-refractivity contribution in [1.82, 2.24) is 0 Å². The van der Waals surface area contributed by atoms with E-state index in [1.165, 1.54) is 27.9 Å². The van der Waals surface area contributed by atoms with E-state index in [0.29, 0.717) is 0 Å². The predicted octanol–water partition coefficient (Wildman–Crippen LogP) is -0.346. The average Bonchev–Trinajstić information content (AvgIpc) is 1.98. The van der Waals surface area contributed by atoms with Crippen molar-refractivity contribution in [2.24, 2.45) is 0 Å². The number of esters is 1. The van der Waals surface area contributed by atoms with Crippen LogP contribution in [0.25, 0.3) is 0 Å². The van der Waals surface area contributed by atoms with Crippen LogP contribution in [-0.2, 0) is 14.3 Å². The van der Waals surface area contributed by atoms with E-state index in [9.17, 15) is 15.0 Å². The van der Waals surface area contributed by atoms with E-state index >= 15 is 0 Å². The van der Waals surface area contributed by atoms with Crippen LogP contribution in [0.2, 0.25) is 0 Å². The van der Waals surface area contributed by atoms with Gasteiger partial charge < -0.3 is 19.7 Å². The molecule has 0 heterocycles. The van der Waals surface area contributed by atoms with E-state index < -0.39 is 24.0 Å². The van der Waals surface area contributed by atoms with Crippen LogP contribution in [0.15, 0.2) is 0 Å². The van der Waals surface area contributed by atoms with Gasteiger partial charge in [-0.3, -0.25) is 0 Å². The predicted molar refractivity (Wildman–Crippen MR) is 44.9 cm³/mol. The summed E-state index contributed by atoms with van der Waals surface area (Å²) in [6.45, 7) is 4.29. The zero-order valence-electron chi connectivity index (χ0n) is 8.27. The Morgan fingerprint density at radius 1 is 1.46 bits per heavy atom. The van der Waals surface area contributed by atoms with Gasteiger partial charge in [-0.1, -0.05) is 0 Å². The van der Waals surface area contributed by atoms with Gasteiger partial charge in [-0.25, -0.2) is 4.79 Å². The standard InChI is InChI=1S/C8H16O5/c1-5(13-8(2,3)11)6(9)7(10)12-4/h5-6,9,11H,1-4H3/t5-,6+/m0/s1. The minimum absolute atomic E-state index is 0.781. The van der Waals surface area contributed by atoms with Crippen LogP contribution in [0, 0.1) is 0 Å². The Hall–Kier alpha value is -0.650. The summed E-state index contributed by atoms with van der Waals surface area (Å²) in [5, 5.41) is 18.4. The highest BCUT2D eigenvalue weighted by molar-refractivity contribution is 5.74. The van der Waals surface area contributed by atoms with E-state index in [-0.39, 0.29) is 0 Å². The monoisotopic (exact) mass is 192 g/mol. The van der Waals surface area contributed by atoms with E-state index in [2.05, 4.69) is 4.74 Å². The molecule has 0 aromatic heterocycles. The number of methoxy groups -OCH3 is 1. The number of carbonyl (C=O) groups excluding carboxylic acids is 1. The first-order valence-corrected chi connectivity index (χ1v) is 3.94. The smallest absolute Gasteiger partial charge is 0.337 e. The molecule has 0 aromatic carbocycles. The molecule has 2 atom stereocenters. The molecule has 5 nitrogen and oxygen atoms in total. The van der Waals surface area contributed by atoms with Gasteiger partial charge in [0.15, 0.2) is 11.9 Å². The van der Waals surface area contributed by atoms with Gasteiger partial charge in [0.1, 0.15) is 0 Å². The summed E-state index contributed by atoms with van der Waals surface area (Å²) in [4.78, 5) is 10.8. The maximum atomic E-state index is 10.8. The van der Waals surface area contributed by atoms with Gasteiger partial charge in [-0.15, -0.1) is 0 Å². The third-order valence-electron chi connectivity index (χ3n) is 1.36.